The summed E-state index contributed by atoms with van der Waals surface area (Å²) in [6.45, 7) is 15.2. The lowest BCUT2D eigenvalue weighted by molar-refractivity contribution is -0.285. The second-order valence-corrected chi connectivity index (χ2v) is 13.9. The van der Waals surface area contributed by atoms with E-state index >= 15 is 0 Å². The summed E-state index contributed by atoms with van der Waals surface area (Å²) in [5.41, 5.74) is 0. The number of ether oxygens (including phenoxy) is 6. The average molecular weight is 447 g/mol. The first-order valence-corrected chi connectivity index (χ1v) is 13.5. The third-order valence-corrected chi connectivity index (χ3v) is 10.1. The maximum absolute atomic E-state index is 12.5. The minimum Gasteiger partial charge on any atom is -0.547 e. The molecule has 1 fully saturated rings. The van der Waals surface area contributed by atoms with E-state index in [1.807, 2.05) is 13.0 Å². The Morgan fingerprint density at radius 1 is 1.27 bits per heavy atom. The van der Waals surface area contributed by atoms with E-state index in [2.05, 4.69) is 33.9 Å². The van der Waals surface area contributed by atoms with E-state index in [-0.39, 0.29) is 18.4 Å². The molecular weight excluding hydrogens is 408 g/mol. The fraction of sp³-hybridized carbons (Fsp3) is 0.857. The molecule has 0 N–H and O–H groups in total. The van der Waals surface area contributed by atoms with Crippen molar-refractivity contribution in [2.75, 3.05) is 27.1 Å². The van der Waals surface area contributed by atoms with Crippen LogP contribution in [0.15, 0.2) is 11.8 Å². The number of carbonyl (C=O) groups excluding carboxylic acids is 1. The molecule has 0 aromatic carbocycles. The topological polar surface area (TPSA) is 81.7 Å². The van der Waals surface area contributed by atoms with Crippen LogP contribution in [0.25, 0.3) is 0 Å². The SMILES string of the molecule is CCOC(=O)C1CC(O[Si](C)(C)C(C)(C)C)=CC(C2OC(C)OCC2OCOC)O1. The van der Waals surface area contributed by atoms with Crippen molar-refractivity contribution in [3.63, 3.8) is 0 Å². The highest BCUT2D eigenvalue weighted by molar-refractivity contribution is 6.74. The molecule has 0 bridgehead atoms. The van der Waals surface area contributed by atoms with Crippen LogP contribution in [0, 0.1) is 0 Å². The maximum Gasteiger partial charge on any atom is 0.335 e. The van der Waals surface area contributed by atoms with Gasteiger partial charge in [-0.25, -0.2) is 4.79 Å². The lowest BCUT2D eigenvalue weighted by Gasteiger charge is -2.42. The standard InChI is InChI=1S/C21H38O8Si/c1-9-24-20(22)17-11-15(29-30(7,8)21(3,4)5)10-16(28-17)19-18(26-13-23-6)12-25-14(2)27-19/h10,14,16-19H,9,11-13H2,1-8H3. The Balaban J connectivity index is 2.30. The number of hydrogen-bond acceptors (Lipinski definition) is 8. The number of carbonyl (C=O) groups is 1. The minimum atomic E-state index is -2.10. The first-order chi connectivity index (χ1) is 14.0. The molecule has 0 aromatic heterocycles. The van der Waals surface area contributed by atoms with E-state index < -0.39 is 45.0 Å². The first-order valence-electron chi connectivity index (χ1n) is 10.6. The van der Waals surface area contributed by atoms with Gasteiger partial charge in [-0.3, -0.25) is 0 Å². The predicted molar refractivity (Wildman–Crippen MR) is 113 cm³/mol. The van der Waals surface area contributed by atoms with Crippen molar-refractivity contribution in [2.45, 2.75) is 89.9 Å². The van der Waals surface area contributed by atoms with Gasteiger partial charge in [0.2, 0.25) is 8.32 Å². The van der Waals surface area contributed by atoms with Gasteiger partial charge in [-0.2, -0.15) is 0 Å². The smallest absolute Gasteiger partial charge is 0.335 e. The van der Waals surface area contributed by atoms with Gasteiger partial charge in [-0.1, -0.05) is 20.8 Å². The highest BCUT2D eigenvalue weighted by Gasteiger charge is 2.44. The number of methoxy groups -OCH3 is 1. The van der Waals surface area contributed by atoms with Crippen LogP contribution in [0.1, 0.15) is 41.0 Å². The summed E-state index contributed by atoms with van der Waals surface area (Å²) in [7, 11) is -0.542. The van der Waals surface area contributed by atoms with Crippen molar-refractivity contribution in [3.8, 4) is 0 Å². The number of hydrogen-bond donors (Lipinski definition) is 0. The molecule has 0 aromatic rings. The van der Waals surface area contributed by atoms with Crippen molar-refractivity contribution < 1.29 is 37.6 Å². The molecule has 0 amide bonds. The summed E-state index contributed by atoms with van der Waals surface area (Å²) >= 11 is 0. The highest BCUT2D eigenvalue weighted by atomic mass is 28.4. The minimum absolute atomic E-state index is 0.0227. The van der Waals surface area contributed by atoms with E-state index in [1.165, 1.54) is 0 Å². The van der Waals surface area contributed by atoms with E-state index in [0.717, 1.165) is 5.76 Å². The quantitative estimate of drug-likeness (QED) is 0.319. The molecule has 5 atom stereocenters. The normalized spacial score (nSPS) is 30.5. The predicted octanol–water partition coefficient (Wildman–Crippen LogP) is 3.36. The third-order valence-electron chi connectivity index (χ3n) is 5.73. The molecule has 0 saturated carbocycles. The van der Waals surface area contributed by atoms with E-state index in [9.17, 15) is 4.79 Å². The molecule has 2 rings (SSSR count). The summed E-state index contributed by atoms with van der Waals surface area (Å²) in [6.07, 6.45) is -0.337. The van der Waals surface area contributed by atoms with Gasteiger partial charge in [0.05, 0.1) is 19.0 Å². The number of rotatable bonds is 8. The summed E-state index contributed by atoms with van der Waals surface area (Å²) in [4.78, 5) is 12.5. The van der Waals surface area contributed by atoms with Crippen LogP contribution in [-0.2, 0) is 37.6 Å². The Kier molecular flexibility index (Phi) is 8.90. The molecular formula is C21H38O8Si. The highest BCUT2D eigenvalue weighted by Crippen LogP contribution is 2.40. The zero-order valence-electron chi connectivity index (χ0n) is 19.6. The van der Waals surface area contributed by atoms with Crippen LogP contribution in [0.2, 0.25) is 18.1 Å². The van der Waals surface area contributed by atoms with Gasteiger partial charge >= 0.3 is 5.97 Å². The first kappa shape index (κ1) is 25.3. The van der Waals surface area contributed by atoms with Crippen molar-refractivity contribution >= 4 is 14.3 Å². The Labute approximate surface area is 181 Å². The van der Waals surface area contributed by atoms with Crippen LogP contribution >= 0.6 is 0 Å². The Morgan fingerprint density at radius 2 is 1.97 bits per heavy atom. The molecule has 5 unspecified atom stereocenters. The van der Waals surface area contributed by atoms with Gasteiger partial charge in [-0.05, 0) is 38.1 Å². The number of esters is 1. The molecule has 0 spiro atoms. The van der Waals surface area contributed by atoms with Crippen molar-refractivity contribution in [1.29, 1.82) is 0 Å². The summed E-state index contributed by atoms with van der Waals surface area (Å²) in [5, 5.41) is 0.0227. The van der Waals surface area contributed by atoms with Gasteiger partial charge in [0.1, 0.15) is 25.1 Å². The van der Waals surface area contributed by atoms with Crippen LogP contribution < -0.4 is 0 Å². The molecule has 174 valence electrons. The fourth-order valence-corrected chi connectivity index (χ4v) is 4.19. The monoisotopic (exact) mass is 446 g/mol. The summed E-state index contributed by atoms with van der Waals surface area (Å²) in [5.74, 6) is 0.338. The van der Waals surface area contributed by atoms with Crippen molar-refractivity contribution in [3.05, 3.63) is 11.8 Å². The molecule has 1 saturated heterocycles. The second-order valence-electron chi connectivity index (χ2n) is 9.15. The molecule has 2 heterocycles. The van der Waals surface area contributed by atoms with Crippen LogP contribution in [0.5, 0.6) is 0 Å². The van der Waals surface area contributed by atoms with Crippen molar-refractivity contribution in [1.82, 2.24) is 0 Å². The Bertz CT molecular complexity index is 598. The van der Waals surface area contributed by atoms with Gasteiger partial charge in [0, 0.05) is 13.5 Å². The zero-order chi connectivity index (χ0) is 22.5. The lowest BCUT2D eigenvalue weighted by atomic mass is 10.0. The second kappa shape index (κ2) is 10.6. The van der Waals surface area contributed by atoms with Crippen LogP contribution in [0.3, 0.4) is 0 Å². The molecule has 8 nitrogen and oxygen atoms in total. The molecule has 30 heavy (non-hydrogen) atoms. The molecule has 0 radical (unpaired) electrons. The molecule has 9 heteroatoms. The largest absolute Gasteiger partial charge is 0.547 e. The molecule has 0 aliphatic carbocycles. The Hall–Kier alpha value is -0.973. The van der Waals surface area contributed by atoms with Crippen molar-refractivity contribution in [2.24, 2.45) is 0 Å². The van der Waals surface area contributed by atoms with Gasteiger partial charge in [0.15, 0.2) is 12.4 Å². The average Bonchev–Trinajstić information content (AvgIpc) is 2.65. The van der Waals surface area contributed by atoms with E-state index in [4.69, 9.17) is 32.8 Å². The lowest BCUT2D eigenvalue weighted by Crippen LogP contribution is -2.53. The summed E-state index contributed by atoms with van der Waals surface area (Å²) < 4.78 is 40.2. The maximum atomic E-state index is 12.5. The van der Waals surface area contributed by atoms with Gasteiger partial charge in [-0.15, -0.1) is 0 Å². The third kappa shape index (κ3) is 6.51. The van der Waals surface area contributed by atoms with E-state index in [1.54, 1.807) is 14.0 Å². The summed E-state index contributed by atoms with van der Waals surface area (Å²) in [6, 6.07) is 0. The molecule has 2 aliphatic rings. The van der Waals surface area contributed by atoms with Gasteiger partial charge in [0.25, 0.3) is 0 Å². The zero-order valence-corrected chi connectivity index (χ0v) is 20.6. The van der Waals surface area contributed by atoms with Crippen LogP contribution in [0.4, 0.5) is 0 Å². The molecule has 2 aliphatic heterocycles. The fourth-order valence-electron chi connectivity index (χ4n) is 3.07. The van der Waals surface area contributed by atoms with E-state index in [0.29, 0.717) is 13.0 Å². The Morgan fingerprint density at radius 3 is 2.57 bits per heavy atom. The van der Waals surface area contributed by atoms with Crippen LogP contribution in [-0.4, -0.2) is 72.1 Å². The van der Waals surface area contributed by atoms with Gasteiger partial charge < -0.3 is 32.8 Å².